The lowest BCUT2D eigenvalue weighted by atomic mass is 9.97. The van der Waals surface area contributed by atoms with E-state index in [4.69, 9.17) is 23.7 Å². The topological polar surface area (TPSA) is 172 Å². The van der Waals surface area contributed by atoms with Crippen molar-refractivity contribution in [1.29, 1.82) is 0 Å². The van der Waals surface area contributed by atoms with Crippen molar-refractivity contribution in [1.82, 2.24) is 8.61 Å². The Morgan fingerprint density at radius 3 is 1.91 bits per heavy atom. The summed E-state index contributed by atoms with van der Waals surface area (Å²) in [5.41, 5.74) is -0.0935. The van der Waals surface area contributed by atoms with Crippen molar-refractivity contribution in [3.8, 4) is 0 Å². The Morgan fingerprint density at radius 1 is 0.912 bits per heavy atom. The smallest absolute Gasteiger partial charge is 0.330 e. The van der Waals surface area contributed by atoms with Gasteiger partial charge >= 0.3 is 34.1 Å². The van der Waals surface area contributed by atoms with Gasteiger partial charge in [0.05, 0.1) is 0 Å². The molecule has 2 rings (SSSR count). The third-order valence-corrected chi connectivity index (χ3v) is 6.65. The van der Waals surface area contributed by atoms with Crippen molar-refractivity contribution in [2.24, 2.45) is 0 Å². The SMILES string of the molecule is CC(=O)OC[C@H]1O[C@@H](N2C(C)=CC(=O)N(C)S2(=O)=O)[C@H](OC(C)=O)[C@@H](OC(C)=O)[C@@H]1OC(C)=O. The number of likely N-dealkylation sites (N-methyl/N-ethyl adjacent to an activating group) is 1. The highest BCUT2D eigenvalue weighted by atomic mass is 32.2. The van der Waals surface area contributed by atoms with E-state index in [-0.39, 0.29) is 5.70 Å². The summed E-state index contributed by atoms with van der Waals surface area (Å²) in [6, 6.07) is 0. The van der Waals surface area contributed by atoms with Crippen LogP contribution in [-0.4, -0.2) is 91.1 Å². The number of esters is 4. The lowest BCUT2D eigenvalue weighted by molar-refractivity contribution is -0.267. The molecule has 15 heteroatoms. The Morgan fingerprint density at radius 2 is 1.41 bits per heavy atom. The van der Waals surface area contributed by atoms with E-state index in [1.807, 2.05) is 0 Å². The van der Waals surface area contributed by atoms with Gasteiger partial charge in [0.15, 0.2) is 24.5 Å². The maximum absolute atomic E-state index is 13.1. The van der Waals surface area contributed by atoms with Crippen molar-refractivity contribution in [3.63, 3.8) is 0 Å². The van der Waals surface area contributed by atoms with Gasteiger partial charge in [0, 0.05) is 46.5 Å². The van der Waals surface area contributed by atoms with Crippen LogP contribution in [0.3, 0.4) is 0 Å². The Bertz CT molecular complexity index is 1010. The molecular weight excluding hydrogens is 480 g/mol. The first-order valence-electron chi connectivity index (χ1n) is 9.97. The Labute approximate surface area is 195 Å². The van der Waals surface area contributed by atoms with E-state index in [0.717, 1.165) is 40.8 Å². The minimum absolute atomic E-state index is 0.0935. The summed E-state index contributed by atoms with van der Waals surface area (Å²) in [5, 5.41) is 0. The summed E-state index contributed by atoms with van der Waals surface area (Å²) >= 11 is 0. The Kier molecular flexibility index (Phi) is 8.26. The van der Waals surface area contributed by atoms with E-state index in [2.05, 4.69) is 0 Å². The minimum atomic E-state index is -4.54. The fraction of sp³-hybridized carbons (Fsp3) is 0.632. The number of hydrogen-bond donors (Lipinski definition) is 0. The third kappa shape index (κ3) is 5.83. The first kappa shape index (κ1) is 27.0. The monoisotopic (exact) mass is 506 g/mol. The fourth-order valence-electron chi connectivity index (χ4n) is 3.49. The number of rotatable bonds is 6. The quantitative estimate of drug-likeness (QED) is 0.318. The molecule has 2 aliphatic heterocycles. The first-order chi connectivity index (χ1) is 15.7. The van der Waals surface area contributed by atoms with E-state index >= 15 is 0 Å². The van der Waals surface area contributed by atoms with E-state index in [1.54, 1.807) is 0 Å². The molecule has 34 heavy (non-hydrogen) atoms. The van der Waals surface area contributed by atoms with Crippen molar-refractivity contribution in [2.75, 3.05) is 13.7 Å². The Balaban J connectivity index is 2.68. The second kappa shape index (κ2) is 10.4. The molecule has 0 N–H and O–H groups in total. The van der Waals surface area contributed by atoms with Gasteiger partial charge in [-0.15, -0.1) is 0 Å². The summed E-state index contributed by atoms with van der Waals surface area (Å²) in [4.78, 5) is 59.1. The fourth-order valence-corrected chi connectivity index (χ4v) is 4.88. The summed E-state index contributed by atoms with van der Waals surface area (Å²) in [6.45, 7) is 5.00. The molecule has 1 saturated heterocycles. The standard InChI is InChI=1S/C19H26N2O12S/c1-9-7-15(26)20(6)34(27,28)21(9)19-18(32-13(5)25)17(31-12(4)24)16(30-11(3)23)14(33-19)8-29-10(2)22/h7,14,16-19H,8H2,1-6H3/t14-,16-,17+,18-,19-/m1/s1. The molecule has 1 fully saturated rings. The van der Waals surface area contributed by atoms with E-state index in [1.165, 1.54) is 6.92 Å². The van der Waals surface area contributed by atoms with Crippen molar-refractivity contribution < 1.29 is 56.1 Å². The van der Waals surface area contributed by atoms with Crippen molar-refractivity contribution in [2.45, 2.75) is 65.3 Å². The zero-order valence-electron chi connectivity index (χ0n) is 19.4. The molecule has 0 aromatic heterocycles. The van der Waals surface area contributed by atoms with Gasteiger partial charge < -0.3 is 23.7 Å². The van der Waals surface area contributed by atoms with Gasteiger partial charge in [-0.3, -0.25) is 24.0 Å². The summed E-state index contributed by atoms with van der Waals surface area (Å²) in [6.07, 6.45) is -6.68. The lowest BCUT2D eigenvalue weighted by Gasteiger charge is -2.48. The number of ether oxygens (including phenoxy) is 5. The van der Waals surface area contributed by atoms with Gasteiger partial charge in [-0.2, -0.15) is 8.42 Å². The molecule has 14 nitrogen and oxygen atoms in total. The zero-order valence-corrected chi connectivity index (χ0v) is 20.2. The molecular formula is C19H26N2O12S. The highest BCUT2D eigenvalue weighted by Gasteiger charge is 2.57. The molecule has 0 spiro atoms. The molecule has 190 valence electrons. The molecule has 0 bridgehead atoms. The van der Waals surface area contributed by atoms with Crippen LogP contribution >= 0.6 is 0 Å². The molecule has 5 atom stereocenters. The predicted octanol–water partition coefficient (Wildman–Crippen LogP) is -1.01. The van der Waals surface area contributed by atoms with Crippen LogP contribution in [0.25, 0.3) is 0 Å². The van der Waals surface area contributed by atoms with Gasteiger partial charge in [-0.1, -0.05) is 0 Å². The maximum Gasteiger partial charge on any atom is 0.330 e. The van der Waals surface area contributed by atoms with Crippen LogP contribution in [0.2, 0.25) is 0 Å². The molecule has 0 saturated carbocycles. The molecule has 2 heterocycles. The maximum atomic E-state index is 13.1. The van der Waals surface area contributed by atoms with E-state index in [0.29, 0.717) is 8.61 Å². The lowest BCUT2D eigenvalue weighted by Crippen LogP contribution is -2.68. The molecule has 0 aromatic carbocycles. The molecule has 2 aliphatic rings. The number of carbonyl (C=O) groups excluding carboxylic acids is 5. The second-order valence-electron chi connectivity index (χ2n) is 7.48. The number of carbonyl (C=O) groups is 5. The molecule has 0 radical (unpaired) electrons. The van der Waals surface area contributed by atoms with Crippen molar-refractivity contribution in [3.05, 3.63) is 11.8 Å². The van der Waals surface area contributed by atoms with Gasteiger partial charge in [0.25, 0.3) is 5.91 Å². The van der Waals surface area contributed by atoms with Crippen LogP contribution in [0.1, 0.15) is 34.6 Å². The highest BCUT2D eigenvalue weighted by Crippen LogP contribution is 2.35. The predicted molar refractivity (Wildman–Crippen MR) is 109 cm³/mol. The number of hydrogen-bond acceptors (Lipinski definition) is 12. The number of allylic oxidation sites excluding steroid dienone is 1. The summed E-state index contributed by atoms with van der Waals surface area (Å²) in [7, 11) is -3.53. The number of nitrogens with zero attached hydrogens (tertiary/aromatic N) is 2. The zero-order chi connectivity index (χ0) is 26.0. The van der Waals surface area contributed by atoms with Gasteiger partial charge in [0.1, 0.15) is 12.7 Å². The van der Waals surface area contributed by atoms with E-state index < -0.39 is 77.2 Å². The largest absolute Gasteiger partial charge is 0.463 e. The molecule has 1 amide bonds. The van der Waals surface area contributed by atoms with Crippen LogP contribution in [0, 0.1) is 0 Å². The molecule has 0 aromatic rings. The second-order valence-corrected chi connectivity index (χ2v) is 9.32. The van der Waals surface area contributed by atoms with Crippen LogP contribution in [-0.2, 0) is 57.9 Å². The van der Waals surface area contributed by atoms with Crippen molar-refractivity contribution >= 4 is 40.0 Å². The molecule has 0 unspecified atom stereocenters. The summed E-state index contributed by atoms with van der Waals surface area (Å²) < 4.78 is 54.0. The average Bonchev–Trinajstić information content (AvgIpc) is 2.68. The van der Waals surface area contributed by atoms with Crippen LogP contribution in [0.4, 0.5) is 0 Å². The number of amides is 1. The molecule has 0 aliphatic carbocycles. The third-order valence-electron chi connectivity index (χ3n) is 4.78. The minimum Gasteiger partial charge on any atom is -0.463 e. The van der Waals surface area contributed by atoms with Gasteiger partial charge in [-0.25, -0.2) is 8.61 Å². The average molecular weight is 506 g/mol. The highest BCUT2D eigenvalue weighted by molar-refractivity contribution is 7.87. The van der Waals surface area contributed by atoms with Crippen LogP contribution in [0.15, 0.2) is 11.8 Å². The van der Waals surface area contributed by atoms with Crippen LogP contribution in [0.5, 0.6) is 0 Å². The summed E-state index contributed by atoms with van der Waals surface area (Å²) in [5.74, 6) is -4.15. The van der Waals surface area contributed by atoms with Crippen LogP contribution < -0.4 is 0 Å². The van der Waals surface area contributed by atoms with E-state index in [9.17, 15) is 32.4 Å². The normalized spacial score (nSPS) is 28.5. The van der Waals surface area contributed by atoms with Gasteiger partial charge in [0.2, 0.25) is 0 Å². The first-order valence-corrected chi connectivity index (χ1v) is 11.4. The van der Waals surface area contributed by atoms with Gasteiger partial charge in [-0.05, 0) is 6.92 Å². The Hall–Kier alpha value is -3.20.